The van der Waals surface area contributed by atoms with Crippen LogP contribution < -0.4 is 10.9 Å². The third kappa shape index (κ3) is 2.53. The van der Waals surface area contributed by atoms with Gasteiger partial charge in [-0.1, -0.05) is 19.8 Å². The molecule has 0 bridgehead atoms. The van der Waals surface area contributed by atoms with Crippen molar-refractivity contribution in [1.29, 1.82) is 0 Å². The summed E-state index contributed by atoms with van der Waals surface area (Å²) in [5, 5.41) is 0. The SMILES string of the molecule is C#CCCC1(CCCC)NN1. The molecule has 0 saturated carbocycles. The Balaban J connectivity index is 2.14. The summed E-state index contributed by atoms with van der Waals surface area (Å²) in [6, 6.07) is 0. The molecule has 0 aromatic carbocycles. The molecular formula is C9H16N2. The van der Waals surface area contributed by atoms with Crippen molar-refractivity contribution in [3.8, 4) is 12.3 Å². The molecule has 0 amide bonds. The van der Waals surface area contributed by atoms with Gasteiger partial charge in [0.15, 0.2) is 0 Å². The highest BCUT2D eigenvalue weighted by molar-refractivity contribution is 4.98. The zero-order valence-corrected chi connectivity index (χ0v) is 7.11. The van der Waals surface area contributed by atoms with Crippen molar-refractivity contribution in [3.05, 3.63) is 0 Å². The predicted molar refractivity (Wildman–Crippen MR) is 46.6 cm³/mol. The normalized spacial score (nSPS) is 19.3. The molecule has 0 aliphatic carbocycles. The van der Waals surface area contributed by atoms with Crippen LogP contribution in [0.2, 0.25) is 0 Å². The van der Waals surface area contributed by atoms with Crippen molar-refractivity contribution in [2.24, 2.45) is 0 Å². The van der Waals surface area contributed by atoms with Gasteiger partial charge in [-0.15, -0.1) is 12.3 Å². The fraction of sp³-hybridized carbons (Fsp3) is 0.778. The molecule has 2 nitrogen and oxygen atoms in total. The van der Waals surface area contributed by atoms with Gasteiger partial charge in [0.2, 0.25) is 0 Å². The van der Waals surface area contributed by atoms with Crippen LogP contribution in [-0.4, -0.2) is 5.66 Å². The van der Waals surface area contributed by atoms with Gasteiger partial charge in [0.05, 0.1) is 5.66 Å². The summed E-state index contributed by atoms with van der Waals surface area (Å²) in [6.45, 7) is 2.21. The Morgan fingerprint density at radius 2 is 2.09 bits per heavy atom. The molecule has 0 aromatic heterocycles. The average molecular weight is 152 g/mol. The third-order valence-corrected chi connectivity index (χ3v) is 2.13. The molecule has 0 radical (unpaired) electrons. The van der Waals surface area contributed by atoms with Crippen LogP contribution in [0.3, 0.4) is 0 Å². The van der Waals surface area contributed by atoms with E-state index >= 15 is 0 Å². The number of hydrogen-bond acceptors (Lipinski definition) is 2. The minimum Gasteiger partial charge on any atom is -0.235 e. The summed E-state index contributed by atoms with van der Waals surface area (Å²) >= 11 is 0. The van der Waals surface area contributed by atoms with Gasteiger partial charge in [0.1, 0.15) is 0 Å². The summed E-state index contributed by atoms with van der Waals surface area (Å²) in [4.78, 5) is 0. The van der Waals surface area contributed by atoms with Crippen LogP contribution in [0.4, 0.5) is 0 Å². The average Bonchev–Trinajstić information content (AvgIpc) is 2.79. The molecule has 2 N–H and O–H groups in total. The highest BCUT2D eigenvalue weighted by atomic mass is 15.7. The molecule has 0 spiro atoms. The molecule has 0 unspecified atom stereocenters. The summed E-state index contributed by atoms with van der Waals surface area (Å²) in [6.07, 6.45) is 10.8. The third-order valence-electron chi connectivity index (χ3n) is 2.13. The van der Waals surface area contributed by atoms with E-state index < -0.39 is 0 Å². The van der Waals surface area contributed by atoms with E-state index in [0.29, 0.717) is 0 Å². The van der Waals surface area contributed by atoms with Crippen LogP contribution in [-0.2, 0) is 0 Å². The Bertz CT molecular complexity index is 153. The second kappa shape index (κ2) is 3.75. The van der Waals surface area contributed by atoms with Crippen LogP contribution in [0, 0.1) is 12.3 Å². The summed E-state index contributed by atoms with van der Waals surface area (Å²) in [5.74, 6) is 2.66. The second-order valence-corrected chi connectivity index (χ2v) is 3.14. The van der Waals surface area contributed by atoms with Crippen LogP contribution in [0.1, 0.15) is 39.0 Å². The fourth-order valence-electron chi connectivity index (χ4n) is 1.23. The van der Waals surface area contributed by atoms with Gasteiger partial charge >= 0.3 is 0 Å². The van der Waals surface area contributed by atoms with E-state index in [-0.39, 0.29) is 5.66 Å². The molecule has 62 valence electrons. The van der Waals surface area contributed by atoms with Gasteiger partial charge in [-0.2, -0.15) is 0 Å². The minimum absolute atomic E-state index is 0.211. The molecule has 2 heteroatoms. The maximum atomic E-state index is 5.19. The lowest BCUT2D eigenvalue weighted by molar-refractivity contribution is 0.495. The Kier molecular flexibility index (Phi) is 2.92. The molecule has 1 aliphatic rings. The maximum absolute atomic E-state index is 5.19. The standard InChI is InChI=1S/C9H16N2/c1-3-5-7-9(10-11-9)8-6-4-2/h1,10-11H,4-8H2,2H3. The predicted octanol–water partition coefficient (Wildman–Crippen LogP) is 1.39. The minimum atomic E-state index is 0.211. The molecule has 1 fully saturated rings. The highest BCUT2D eigenvalue weighted by Crippen LogP contribution is 2.23. The number of hydrogen-bond donors (Lipinski definition) is 2. The first-order valence-electron chi connectivity index (χ1n) is 4.31. The van der Waals surface area contributed by atoms with Gasteiger partial charge in [0, 0.05) is 6.42 Å². The monoisotopic (exact) mass is 152 g/mol. The zero-order valence-electron chi connectivity index (χ0n) is 7.11. The molecule has 1 heterocycles. The molecule has 11 heavy (non-hydrogen) atoms. The van der Waals surface area contributed by atoms with Crippen molar-refractivity contribution >= 4 is 0 Å². The van der Waals surface area contributed by atoms with E-state index in [9.17, 15) is 0 Å². The van der Waals surface area contributed by atoms with Gasteiger partial charge in [0.25, 0.3) is 0 Å². The van der Waals surface area contributed by atoms with Crippen LogP contribution in [0.15, 0.2) is 0 Å². The van der Waals surface area contributed by atoms with E-state index in [1.807, 2.05) is 0 Å². The van der Waals surface area contributed by atoms with E-state index in [0.717, 1.165) is 12.8 Å². The summed E-state index contributed by atoms with van der Waals surface area (Å²) < 4.78 is 0. The van der Waals surface area contributed by atoms with Gasteiger partial charge < -0.3 is 0 Å². The number of hydrazine groups is 1. The molecule has 0 atom stereocenters. The summed E-state index contributed by atoms with van der Waals surface area (Å²) in [7, 11) is 0. The molecule has 1 rings (SSSR count). The first-order valence-corrected chi connectivity index (χ1v) is 4.31. The van der Waals surface area contributed by atoms with Crippen LogP contribution >= 0.6 is 0 Å². The van der Waals surface area contributed by atoms with E-state index in [4.69, 9.17) is 6.42 Å². The topological polar surface area (TPSA) is 43.9 Å². The maximum Gasteiger partial charge on any atom is 0.0952 e. The second-order valence-electron chi connectivity index (χ2n) is 3.14. The Morgan fingerprint density at radius 1 is 1.36 bits per heavy atom. The van der Waals surface area contributed by atoms with Crippen molar-refractivity contribution in [3.63, 3.8) is 0 Å². The van der Waals surface area contributed by atoms with Crippen molar-refractivity contribution in [2.75, 3.05) is 0 Å². The molecule has 0 aromatic rings. The summed E-state index contributed by atoms with van der Waals surface area (Å²) in [5.41, 5.74) is 6.55. The van der Waals surface area contributed by atoms with Crippen LogP contribution in [0.25, 0.3) is 0 Å². The lowest BCUT2D eigenvalue weighted by atomic mass is 10.0. The molecule has 1 aliphatic heterocycles. The lowest BCUT2D eigenvalue weighted by Crippen LogP contribution is -2.16. The first kappa shape index (κ1) is 8.58. The Hall–Kier alpha value is -0.520. The van der Waals surface area contributed by atoms with E-state index in [1.54, 1.807) is 0 Å². The van der Waals surface area contributed by atoms with Gasteiger partial charge in [-0.3, -0.25) is 0 Å². The van der Waals surface area contributed by atoms with E-state index in [2.05, 4.69) is 23.7 Å². The Morgan fingerprint density at radius 3 is 2.55 bits per heavy atom. The van der Waals surface area contributed by atoms with Crippen molar-refractivity contribution in [1.82, 2.24) is 10.9 Å². The van der Waals surface area contributed by atoms with Gasteiger partial charge in [-0.05, 0) is 12.8 Å². The highest BCUT2D eigenvalue weighted by Gasteiger charge is 2.39. The molecule has 1 saturated heterocycles. The lowest BCUT2D eigenvalue weighted by Gasteiger charge is -2.07. The van der Waals surface area contributed by atoms with Crippen molar-refractivity contribution < 1.29 is 0 Å². The number of nitrogens with one attached hydrogen (secondary N) is 2. The Labute approximate surface area is 68.7 Å². The number of unbranched alkanes of at least 4 members (excludes halogenated alkanes) is 1. The van der Waals surface area contributed by atoms with E-state index in [1.165, 1.54) is 19.3 Å². The smallest absolute Gasteiger partial charge is 0.0952 e. The fourth-order valence-corrected chi connectivity index (χ4v) is 1.23. The number of terminal acetylenes is 1. The van der Waals surface area contributed by atoms with Crippen LogP contribution in [0.5, 0.6) is 0 Å². The quantitative estimate of drug-likeness (QED) is 0.462. The largest absolute Gasteiger partial charge is 0.235 e. The molecular weight excluding hydrogens is 136 g/mol. The van der Waals surface area contributed by atoms with Crippen molar-refractivity contribution in [2.45, 2.75) is 44.7 Å². The van der Waals surface area contributed by atoms with Gasteiger partial charge in [-0.25, -0.2) is 10.9 Å². The first-order chi connectivity index (χ1) is 5.33. The zero-order chi connectivity index (χ0) is 8.16. The number of rotatable bonds is 5.